The van der Waals surface area contributed by atoms with Crippen LogP contribution in [0.4, 0.5) is 5.69 Å². The SMILES string of the molecule is CN1CCC[C@H]1COc1cc(-c2cn[nH]c2)ccc1NC(=O)C1COc2ccccc2O1. The van der Waals surface area contributed by atoms with Gasteiger partial charge >= 0.3 is 0 Å². The van der Waals surface area contributed by atoms with Crippen LogP contribution in [0.15, 0.2) is 54.9 Å². The van der Waals surface area contributed by atoms with Gasteiger partial charge in [0.25, 0.3) is 5.91 Å². The fraction of sp³-hybridized carbons (Fsp3) is 0.333. The smallest absolute Gasteiger partial charge is 0.269 e. The molecule has 5 rings (SSSR count). The molecule has 0 spiro atoms. The minimum Gasteiger partial charge on any atom is -0.490 e. The number of ether oxygens (including phenoxy) is 3. The van der Waals surface area contributed by atoms with E-state index in [0.717, 1.165) is 24.1 Å². The number of rotatable bonds is 6. The lowest BCUT2D eigenvalue weighted by atomic mass is 10.1. The standard InChI is InChI=1S/C24H26N4O4/c1-28-10-4-5-18(28)14-30-22-11-16(17-12-25-26-13-17)8-9-19(22)27-24(29)23-15-31-20-6-2-3-7-21(20)32-23/h2-3,6-9,11-13,18,23H,4-5,10,14-15H2,1H3,(H,25,26)(H,27,29)/t18-,23?/m0/s1. The molecule has 2 N–H and O–H groups in total. The van der Waals surface area contributed by atoms with Crippen LogP contribution in [0.2, 0.25) is 0 Å². The van der Waals surface area contributed by atoms with Crippen LogP contribution in [0, 0.1) is 0 Å². The van der Waals surface area contributed by atoms with Crippen LogP contribution in [0.5, 0.6) is 17.2 Å². The lowest BCUT2D eigenvalue weighted by molar-refractivity contribution is -0.125. The van der Waals surface area contributed by atoms with E-state index in [0.29, 0.717) is 35.6 Å². The van der Waals surface area contributed by atoms with E-state index < -0.39 is 6.10 Å². The van der Waals surface area contributed by atoms with E-state index in [1.165, 1.54) is 6.42 Å². The third-order valence-electron chi connectivity index (χ3n) is 5.97. The molecule has 166 valence electrons. The van der Waals surface area contributed by atoms with E-state index in [9.17, 15) is 4.79 Å². The highest BCUT2D eigenvalue weighted by atomic mass is 16.6. The zero-order chi connectivity index (χ0) is 21.9. The van der Waals surface area contributed by atoms with Gasteiger partial charge in [0.1, 0.15) is 19.0 Å². The summed E-state index contributed by atoms with van der Waals surface area (Å²) in [6.07, 6.45) is 5.11. The van der Waals surface area contributed by atoms with Gasteiger partial charge in [-0.1, -0.05) is 18.2 Å². The Morgan fingerprint density at radius 3 is 2.91 bits per heavy atom. The molecule has 3 heterocycles. The van der Waals surface area contributed by atoms with Gasteiger partial charge in [0.2, 0.25) is 6.10 Å². The van der Waals surface area contributed by atoms with Crippen LogP contribution in [-0.2, 0) is 4.79 Å². The number of carbonyl (C=O) groups is 1. The largest absolute Gasteiger partial charge is 0.490 e. The Bertz CT molecular complexity index is 1090. The van der Waals surface area contributed by atoms with Gasteiger partial charge in [0, 0.05) is 17.8 Å². The first-order chi connectivity index (χ1) is 15.7. The number of H-pyrrole nitrogens is 1. The predicted molar refractivity (Wildman–Crippen MR) is 120 cm³/mol. The monoisotopic (exact) mass is 434 g/mol. The summed E-state index contributed by atoms with van der Waals surface area (Å²) in [6, 6.07) is 13.4. The number of anilines is 1. The summed E-state index contributed by atoms with van der Waals surface area (Å²) in [5, 5.41) is 9.82. The summed E-state index contributed by atoms with van der Waals surface area (Å²) in [5.41, 5.74) is 2.51. The van der Waals surface area contributed by atoms with Crippen molar-refractivity contribution in [3.8, 4) is 28.4 Å². The van der Waals surface area contributed by atoms with E-state index in [2.05, 4.69) is 27.5 Å². The fourth-order valence-corrected chi connectivity index (χ4v) is 4.07. The maximum Gasteiger partial charge on any atom is 0.269 e. The molecule has 2 atom stereocenters. The first kappa shape index (κ1) is 20.4. The molecule has 1 amide bonds. The van der Waals surface area contributed by atoms with Crippen molar-refractivity contribution < 1.29 is 19.0 Å². The number of nitrogens with one attached hydrogen (secondary N) is 2. The number of nitrogens with zero attached hydrogens (tertiary/aromatic N) is 2. The van der Waals surface area contributed by atoms with Gasteiger partial charge in [-0.25, -0.2) is 0 Å². The average molecular weight is 434 g/mol. The first-order valence-electron chi connectivity index (χ1n) is 10.8. The third kappa shape index (κ3) is 4.27. The van der Waals surface area contributed by atoms with Crippen molar-refractivity contribution in [2.45, 2.75) is 25.0 Å². The van der Waals surface area contributed by atoms with Crippen molar-refractivity contribution in [1.82, 2.24) is 15.1 Å². The second kappa shape index (κ2) is 8.92. The topological polar surface area (TPSA) is 88.7 Å². The molecule has 8 heteroatoms. The Labute approximate surface area is 186 Å². The second-order valence-electron chi connectivity index (χ2n) is 8.14. The Hall–Kier alpha value is -3.52. The van der Waals surface area contributed by atoms with Gasteiger partial charge in [-0.15, -0.1) is 0 Å². The minimum absolute atomic E-state index is 0.152. The molecule has 1 aromatic heterocycles. The molecule has 0 radical (unpaired) electrons. The van der Waals surface area contributed by atoms with Crippen LogP contribution in [-0.4, -0.2) is 60.0 Å². The maximum atomic E-state index is 13.0. The molecule has 0 aliphatic carbocycles. The van der Waals surface area contributed by atoms with Crippen LogP contribution < -0.4 is 19.5 Å². The number of hydrogen-bond donors (Lipinski definition) is 2. The zero-order valence-corrected chi connectivity index (χ0v) is 17.9. The molecular weight excluding hydrogens is 408 g/mol. The van der Waals surface area contributed by atoms with Gasteiger partial charge in [-0.2, -0.15) is 5.10 Å². The van der Waals surface area contributed by atoms with E-state index in [1.807, 2.05) is 42.6 Å². The predicted octanol–water partition coefficient (Wildman–Crippen LogP) is 3.33. The summed E-state index contributed by atoms with van der Waals surface area (Å²) in [7, 11) is 2.11. The second-order valence-corrected chi connectivity index (χ2v) is 8.14. The molecule has 3 aromatic rings. The Morgan fingerprint density at radius 1 is 1.25 bits per heavy atom. The van der Waals surface area contributed by atoms with Crippen LogP contribution >= 0.6 is 0 Å². The number of likely N-dealkylation sites (tertiary alicyclic amines) is 1. The molecule has 2 aromatic carbocycles. The summed E-state index contributed by atoms with van der Waals surface area (Å²) >= 11 is 0. The highest BCUT2D eigenvalue weighted by molar-refractivity contribution is 5.96. The average Bonchev–Trinajstić information content (AvgIpc) is 3.50. The van der Waals surface area contributed by atoms with Gasteiger partial charge in [0.15, 0.2) is 11.5 Å². The number of para-hydroxylation sites is 2. The number of fused-ring (bicyclic) bond motifs is 1. The van der Waals surface area contributed by atoms with Crippen LogP contribution in [0.3, 0.4) is 0 Å². The van der Waals surface area contributed by atoms with Crippen LogP contribution in [0.1, 0.15) is 12.8 Å². The van der Waals surface area contributed by atoms with Crippen molar-refractivity contribution >= 4 is 11.6 Å². The fourth-order valence-electron chi connectivity index (χ4n) is 4.07. The van der Waals surface area contributed by atoms with E-state index in [1.54, 1.807) is 12.3 Å². The number of aromatic nitrogens is 2. The number of hydrogen-bond acceptors (Lipinski definition) is 6. The normalized spacial score (nSPS) is 20.2. The summed E-state index contributed by atoms with van der Waals surface area (Å²) < 4.78 is 17.7. The molecule has 8 nitrogen and oxygen atoms in total. The Morgan fingerprint density at radius 2 is 2.12 bits per heavy atom. The van der Waals surface area contributed by atoms with Crippen molar-refractivity contribution in [1.29, 1.82) is 0 Å². The van der Waals surface area contributed by atoms with Crippen molar-refractivity contribution in [3.05, 3.63) is 54.9 Å². The lowest BCUT2D eigenvalue weighted by Crippen LogP contribution is -2.40. The molecule has 1 saturated heterocycles. The molecule has 2 aliphatic rings. The van der Waals surface area contributed by atoms with E-state index in [-0.39, 0.29) is 12.5 Å². The molecule has 0 bridgehead atoms. The molecule has 2 aliphatic heterocycles. The van der Waals surface area contributed by atoms with Crippen molar-refractivity contribution in [2.24, 2.45) is 0 Å². The minimum atomic E-state index is -0.743. The van der Waals surface area contributed by atoms with E-state index >= 15 is 0 Å². The van der Waals surface area contributed by atoms with E-state index in [4.69, 9.17) is 14.2 Å². The number of aromatic amines is 1. The van der Waals surface area contributed by atoms with Crippen LogP contribution in [0.25, 0.3) is 11.1 Å². The molecular formula is C24H26N4O4. The maximum absolute atomic E-state index is 13.0. The van der Waals surface area contributed by atoms with Gasteiger partial charge in [-0.3, -0.25) is 9.89 Å². The highest BCUT2D eigenvalue weighted by Crippen LogP contribution is 2.34. The molecule has 1 fully saturated rings. The molecule has 0 saturated carbocycles. The quantitative estimate of drug-likeness (QED) is 0.619. The number of amides is 1. The highest BCUT2D eigenvalue weighted by Gasteiger charge is 2.28. The summed E-state index contributed by atoms with van der Waals surface area (Å²) in [4.78, 5) is 15.3. The first-order valence-corrected chi connectivity index (χ1v) is 10.8. The van der Waals surface area contributed by atoms with Crippen molar-refractivity contribution in [2.75, 3.05) is 32.1 Å². The number of likely N-dealkylation sites (N-methyl/N-ethyl adjacent to an activating group) is 1. The van der Waals surface area contributed by atoms with Gasteiger partial charge in [-0.05, 0) is 56.3 Å². The molecule has 32 heavy (non-hydrogen) atoms. The van der Waals surface area contributed by atoms with Crippen molar-refractivity contribution in [3.63, 3.8) is 0 Å². The van der Waals surface area contributed by atoms with Gasteiger partial charge < -0.3 is 24.4 Å². The number of benzene rings is 2. The zero-order valence-electron chi connectivity index (χ0n) is 17.9. The summed E-state index contributed by atoms with van der Waals surface area (Å²) in [5.74, 6) is 1.55. The lowest BCUT2D eigenvalue weighted by Gasteiger charge is -2.26. The third-order valence-corrected chi connectivity index (χ3v) is 5.97. The summed E-state index contributed by atoms with van der Waals surface area (Å²) in [6.45, 7) is 1.79. The van der Waals surface area contributed by atoms with Gasteiger partial charge in [0.05, 0.1) is 11.9 Å². The molecule has 1 unspecified atom stereocenters. The number of carbonyl (C=O) groups excluding carboxylic acids is 1. The Kier molecular flexibility index (Phi) is 5.68. The Balaban J connectivity index is 1.34.